The van der Waals surface area contributed by atoms with E-state index in [0.717, 1.165) is 0 Å². The van der Waals surface area contributed by atoms with Crippen molar-refractivity contribution in [1.82, 2.24) is 0 Å². The second-order valence-corrected chi connectivity index (χ2v) is 6.81. The monoisotopic (exact) mass is 424 g/mol. The van der Waals surface area contributed by atoms with Gasteiger partial charge in [-0.1, -0.05) is 0 Å². The number of aldehydes is 1. The summed E-state index contributed by atoms with van der Waals surface area (Å²) in [5.41, 5.74) is 0.209. The van der Waals surface area contributed by atoms with Gasteiger partial charge in [0.15, 0.2) is 11.5 Å². The molecule has 1 aromatic rings. The summed E-state index contributed by atoms with van der Waals surface area (Å²) in [6.07, 6.45) is -7.83. The van der Waals surface area contributed by atoms with Crippen molar-refractivity contribution in [3.05, 3.63) is 17.7 Å². The van der Waals surface area contributed by atoms with E-state index in [4.69, 9.17) is 23.5 Å². The molecule has 1 heterocycles. The van der Waals surface area contributed by atoms with Crippen LogP contribution in [0.3, 0.4) is 0 Å². The van der Waals surface area contributed by atoms with Crippen LogP contribution in [0.25, 0.3) is 0 Å². The standard InChI is InChI=1S/C15H20O12S/c1-23-8-3-7(5-16)4-9(24-2)14(8)27-15-13(19)12(18)11(17)10(26-15)6-25-28(20,21)22/h3-5,10-13,15,17-19H,6H2,1-2H3,(H,20,21,22)/t10-,11-,12+,13-,15+/m1/s1. The predicted octanol–water partition coefficient (Wildman–Crippen LogP) is -1.48. The van der Waals surface area contributed by atoms with Gasteiger partial charge in [0.25, 0.3) is 0 Å². The van der Waals surface area contributed by atoms with Crippen molar-refractivity contribution >= 4 is 16.7 Å². The maximum Gasteiger partial charge on any atom is 0.397 e. The fraction of sp³-hybridized carbons (Fsp3) is 0.533. The summed E-state index contributed by atoms with van der Waals surface area (Å²) in [4.78, 5) is 11.0. The molecule has 158 valence electrons. The molecule has 5 atom stereocenters. The first-order valence-electron chi connectivity index (χ1n) is 7.80. The Morgan fingerprint density at radius 1 is 1.07 bits per heavy atom. The number of ether oxygens (including phenoxy) is 4. The minimum absolute atomic E-state index is 0.0450. The number of benzene rings is 1. The second kappa shape index (κ2) is 9.00. The number of aliphatic hydroxyl groups is 3. The van der Waals surface area contributed by atoms with Crippen molar-refractivity contribution in [2.24, 2.45) is 0 Å². The summed E-state index contributed by atoms with van der Waals surface area (Å²) in [5.74, 6) is 0.00452. The van der Waals surface area contributed by atoms with Crippen LogP contribution in [0.4, 0.5) is 0 Å². The second-order valence-electron chi connectivity index (χ2n) is 5.72. The van der Waals surface area contributed by atoms with Gasteiger partial charge in [-0.05, 0) is 12.1 Å². The molecule has 1 aliphatic rings. The van der Waals surface area contributed by atoms with Gasteiger partial charge in [-0.3, -0.25) is 9.35 Å². The fourth-order valence-corrected chi connectivity index (χ4v) is 2.81. The largest absolute Gasteiger partial charge is 0.493 e. The SMILES string of the molecule is COc1cc(C=O)cc(OC)c1O[C@@H]1O[C@H](COS(=O)(=O)O)[C@@H](O)[C@H](O)[C@H]1O. The Morgan fingerprint density at radius 3 is 2.11 bits per heavy atom. The van der Waals surface area contributed by atoms with Crippen molar-refractivity contribution in [3.63, 3.8) is 0 Å². The summed E-state index contributed by atoms with van der Waals surface area (Å²) < 4.78 is 55.3. The molecule has 0 bridgehead atoms. The quantitative estimate of drug-likeness (QED) is 0.281. The maximum absolute atomic E-state index is 11.0. The highest BCUT2D eigenvalue weighted by molar-refractivity contribution is 7.80. The molecule has 1 aromatic carbocycles. The lowest BCUT2D eigenvalue weighted by Gasteiger charge is -2.40. The molecule has 0 spiro atoms. The third kappa shape index (κ3) is 5.08. The summed E-state index contributed by atoms with van der Waals surface area (Å²) >= 11 is 0. The van der Waals surface area contributed by atoms with Crippen molar-refractivity contribution in [1.29, 1.82) is 0 Å². The Bertz CT molecular complexity index is 769. The molecule has 0 unspecified atom stereocenters. The number of hydrogen-bond donors (Lipinski definition) is 4. The Kier molecular flexibility index (Phi) is 7.16. The molecule has 4 N–H and O–H groups in total. The lowest BCUT2D eigenvalue weighted by atomic mass is 9.99. The first-order valence-corrected chi connectivity index (χ1v) is 9.17. The van der Waals surface area contributed by atoms with E-state index in [0.29, 0.717) is 6.29 Å². The van der Waals surface area contributed by atoms with E-state index < -0.39 is 47.7 Å². The highest BCUT2D eigenvalue weighted by Gasteiger charge is 2.46. The zero-order valence-corrected chi connectivity index (χ0v) is 15.6. The molecule has 2 rings (SSSR count). The number of carbonyl (C=O) groups is 1. The number of aliphatic hydroxyl groups excluding tert-OH is 3. The summed E-state index contributed by atoms with van der Waals surface area (Å²) in [7, 11) is -2.26. The molecule has 12 nitrogen and oxygen atoms in total. The molecule has 1 aliphatic heterocycles. The van der Waals surface area contributed by atoms with Gasteiger partial charge in [0.2, 0.25) is 12.0 Å². The Balaban J connectivity index is 2.29. The highest BCUT2D eigenvalue weighted by Crippen LogP contribution is 2.40. The van der Waals surface area contributed by atoms with Crippen LogP contribution in [0.1, 0.15) is 10.4 Å². The van der Waals surface area contributed by atoms with Crippen molar-refractivity contribution in [2.75, 3.05) is 20.8 Å². The minimum atomic E-state index is -4.83. The van der Waals surface area contributed by atoms with E-state index in [1.54, 1.807) is 0 Å². The maximum atomic E-state index is 11.0. The zero-order valence-electron chi connectivity index (χ0n) is 14.8. The summed E-state index contributed by atoms with van der Waals surface area (Å²) in [5, 5.41) is 30.1. The van der Waals surface area contributed by atoms with Gasteiger partial charge in [0.1, 0.15) is 30.7 Å². The molecule has 0 aromatic heterocycles. The number of rotatable bonds is 8. The van der Waals surface area contributed by atoms with Crippen LogP contribution < -0.4 is 14.2 Å². The Morgan fingerprint density at radius 2 is 1.64 bits per heavy atom. The summed E-state index contributed by atoms with van der Waals surface area (Å²) in [6, 6.07) is 2.65. The van der Waals surface area contributed by atoms with Crippen LogP contribution >= 0.6 is 0 Å². The molecule has 1 saturated heterocycles. The van der Waals surface area contributed by atoms with E-state index in [9.17, 15) is 28.5 Å². The zero-order chi connectivity index (χ0) is 21.1. The first kappa shape index (κ1) is 22.3. The molecule has 28 heavy (non-hydrogen) atoms. The van der Waals surface area contributed by atoms with E-state index in [-0.39, 0.29) is 22.8 Å². The van der Waals surface area contributed by atoms with Crippen LogP contribution in [0, 0.1) is 0 Å². The molecule has 0 amide bonds. The van der Waals surface area contributed by atoms with E-state index in [1.165, 1.54) is 26.4 Å². The number of methoxy groups -OCH3 is 2. The molecular weight excluding hydrogens is 404 g/mol. The van der Waals surface area contributed by atoms with Crippen molar-refractivity contribution in [2.45, 2.75) is 30.7 Å². The topological polar surface area (TPSA) is 178 Å². The smallest absolute Gasteiger partial charge is 0.397 e. The van der Waals surface area contributed by atoms with Crippen molar-refractivity contribution in [3.8, 4) is 17.2 Å². The average Bonchev–Trinajstić information content (AvgIpc) is 2.66. The van der Waals surface area contributed by atoms with Crippen LogP contribution in [-0.2, 0) is 19.3 Å². The molecule has 13 heteroatoms. The van der Waals surface area contributed by atoms with Crippen molar-refractivity contribution < 1.29 is 56.2 Å². The average molecular weight is 424 g/mol. The molecule has 0 aliphatic carbocycles. The normalized spacial score (nSPS) is 27.9. The molecule has 0 saturated carbocycles. The van der Waals surface area contributed by atoms with E-state index in [2.05, 4.69) is 4.18 Å². The number of carbonyl (C=O) groups excluding carboxylic acids is 1. The lowest BCUT2D eigenvalue weighted by Crippen LogP contribution is -2.60. The third-order valence-corrected chi connectivity index (χ3v) is 4.34. The van der Waals surface area contributed by atoms with Crippen LogP contribution in [-0.4, -0.2) is 86.1 Å². The van der Waals surface area contributed by atoms with Gasteiger partial charge in [-0.25, -0.2) is 4.18 Å². The van der Waals surface area contributed by atoms with Gasteiger partial charge in [0, 0.05) is 5.56 Å². The Labute approximate surface area is 160 Å². The summed E-state index contributed by atoms with van der Waals surface area (Å²) in [6.45, 7) is -0.859. The molecule has 1 fully saturated rings. The predicted molar refractivity (Wildman–Crippen MR) is 89.7 cm³/mol. The van der Waals surface area contributed by atoms with Gasteiger partial charge in [-0.2, -0.15) is 8.42 Å². The lowest BCUT2D eigenvalue weighted by molar-refractivity contribution is -0.276. The first-order chi connectivity index (χ1) is 13.1. The van der Waals surface area contributed by atoms with Crippen LogP contribution in [0.2, 0.25) is 0 Å². The van der Waals surface area contributed by atoms with Gasteiger partial charge >= 0.3 is 10.4 Å². The minimum Gasteiger partial charge on any atom is -0.493 e. The van der Waals surface area contributed by atoms with E-state index >= 15 is 0 Å². The van der Waals surface area contributed by atoms with Gasteiger partial charge < -0.3 is 34.3 Å². The number of hydrogen-bond acceptors (Lipinski definition) is 11. The van der Waals surface area contributed by atoms with Gasteiger partial charge in [-0.15, -0.1) is 0 Å². The van der Waals surface area contributed by atoms with Gasteiger partial charge in [0.05, 0.1) is 20.8 Å². The van der Waals surface area contributed by atoms with E-state index in [1.807, 2.05) is 0 Å². The third-order valence-electron chi connectivity index (χ3n) is 3.90. The van der Waals surface area contributed by atoms with Crippen LogP contribution in [0.15, 0.2) is 12.1 Å². The van der Waals surface area contributed by atoms with Crippen LogP contribution in [0.5, 0.6) is 17.2 Å². The fourth-order valence-electron chi connectivity index (χ4n) is 2.51. The Hall–Kier alpha value is -2.00. The molecule has 0 radical (unpaired) electrons. The molecular formula is C15H20O12S. The highest BCUT2D eigenvalue weighted by atomic mass is 32.3.